The molecule has 2 rings (SSSR count). The number of amides is 1. The zero-order valence-corrected chi connectivity index (χ0v) is 10.5. The van der Waals surface area contributed by atoms with Crippen molar-refractivity contribution in [2.45, 2.75) is 32.4 Å². The van der Waals surface area contributed by atoms with Crippen LogP contribution < -0.4 is 5.32 Å². The maximum atomic E-state index is 11.2. The molecule has 0 aromatic carbocycles. The largest absolute Gasteiger partial charge is 0.343 e. The number of carbonyl (C=O) groups excluding carboxylic acids is 1. The molecule has 1 aromatic rings. The van der Waals surface area contributed by atoms with E-state index in [4.69, 9.17) is 0 Å². The predicted molar refractivity (Wildman–Crippen MR) is 65.3 cm³/mol. The second kappa shape index (κ2) is 5.31. The van der Waals surface area contributed by atoms with Gasteiger partial charge in [-0.25, -0.2) is 0 Å². The second-order valence-electron chi connectivity index (χ2n) is 4.68. The number of aryl methyl sites for hydroxylation is 1. The van der Waals surface area contributed by atoms with Crippen LogP contribution in [0.5, 0.6) is 0 Å². The van der Waals surface area contributed by atoms with E-state index in [0.29, 0.717) is 6.04 Å². The van der Waals surface area contributed by atoms with Gasteiger partial charge < -0.3 is 10.2 Å². The van der Waals surface area contributed by atoms with Crippen molar-refractivity contribution in [1.82, 2.24) is 20.0 Å². The fraction of sp³-hybridized carbons (Fsp3) is 0.667. The molecule has 0 saturated carbocycles. The summed E-state index contributed by atoms with van der Waals surface area (Å²) in [4.78, 5) is 13.1. The van der Waals surface area contributed by atoms with E-state index in [1.807, 2.05) is 29.0 Å². The van der Waals surface area contributed by atoms with Crippen LogP contribution in [0, 0.1) is 0 Å². The summed E-state index contributed by atoms with van der Waals surface area (Å²) in [7, 11) is 1.93. The average molecular weight is 236 g/mol. The molecule has 0 unspecified atom stereocenters. The van der Waals surface area contributed by atoms with Crippen molar-refractivity contribution in [3.8, 4) is 0 Å². The average Bonchev–Trinajstić information content (AvgIpc) is 2.73. The Kier molecular flexibility index (Phi) is 3.78. The fourth-order valence-corrected chi connectivity index (χ4v) is 2.22. The molecule has 1 aromatic heterocycles. The number of nitrogens with zero attached hydrogens (tertiary/aromatic N) is 3. The number of aromatic nitrogens is 2. The summed E-state index contributed by atoms with van der Waals surface area (Å²) >= 11 is 0. The molecule has 0 aliphatic carbocycles. The molecule has 1 aliphatic heterocycles. The first-order valence-corrected chi connectivity index (χ1v) is 6.11. The van der Waals surface area contributed by atoms with Crippen LogP contribution in [-0.2, 0) is 18.4 Å². The summed E-state index contributed by atoms with van der Waals surface area (Å²) in [6.07, 6.45) is 6.00. The Bertz CT molecular complexity index is 380. The van der Waals surface area contributed by atoms with Crippen LogP contribution in [-0.4, -0.2) is 39.7 Å². The van der Waals surface area contributed by atoms with Gasteiger partial charge in [-0.15, -0.1) is 0 Å². The Hall–Kier alpha value is -1.36. The SMILES string of the molecule is CC(=O)N1CCC(NCc2cnn(C)c2)CC1. The molecular weight excluding hydrogens is 216 g/mol. The van der Waals surface area contributed by atoms with Crippen LogP contribution in [0.3, 0.4) is 0 Å². The number of nitrogens with one attached hydrogen (secondary N) is 1. The Balaban J connectivity index is 1.73. The minimum atomic E-state index is 0.190. The topological polar surface area (TPSA) is 50.2 Å². The second-order valence-corrected chi connectivity index (χ2v) is 4.68. The van der Waals surface area contributed by atoms with Crippen molar-refractivity contribution in [3.05, 3.63) is 18.0 Å². The van der Waals surface area contributed by atoms with E-state index in [9.17, 15) is 4.79 Å². The number of hydrogen-bond acceptors (Lipinski definition) is 3. The molecule has 0 spiro atoms. The van der Waals surface area contributed by atoms with Gasteiger partial charge in [-0.3, -0.25) is 9.48 Å². The number of hydrogen-bond donors (Lipinski definition) is 1. The van der Waals surface area contributed by atoms with Crippen LogP contribution in [0.2, 0.25) is 0 Å². The summed E-state index contributed by atoms with van der Waals surface area (Å²) < 4.78 is 1.81. The summed E-state index contributed by atoms with van der Waals surface area (Å²) in [5.41, 5.74) is 1.21. The van der Waals surface area contributed by atoms with Gasteiger partial charge in [0.1, 0.15) is 0 Å². The molecule has 94 valence electrons. The highest BCUT2D eigenvalue weighted by atomic mass is 16.2. The van der Waals surface area contributed by atoms with E-state index in [0.717, 1.165) is 32.5 Å². The maximum Gasteiger partial charge on any atom is 0.219 e. The first-order chi connectivity index (χ1) is 8.15. The smallest absolute Gasteiger partial charge is 0.219 e. The minimum Gasteiger partial charge on any atom is -0.343 e. The normalized spacial score (nSPS) is 17.4. The maximum absolute atomic E-state index is 11.2. The van der Waals surface area contributed by atoms with Crippen molar-refractivity contribution < 1.29 is 4.79 Å². The molecule has 1 saturated heterocycles. The van der Waals surface area contributed by atoms with E-state index < -0.39 is 0 Å². The van der Waals surface area contributed by atoms with Crippen LogP contribution >= 0.6 is 0 Å². The van der Waals surface area contributed by atoms with Gasteiger partial charge in [0.25, 0.3) is 0 Å². The molecular formula is C12H20N4O. The van der Waals surface area contributed by atoms with Gasteiger partial charge in [0.2, 0.25) is 5.91 Å². The molecule has 1 N–H and O–H groups in total. The lowest BCUT2D eigenvalue weighted by molar-refractivity contribution is -0.129. The van der Waals surface area contributed by atoms with Gasteiger partial charge >= 0.3 is 0 Å². The van der Waals surface area contributed by atoms with Crippen LogP contribution in [0.25, 0.3) is 0 Å². The number of likely N-dealkylation sites (tertiary alicyclic amines) is 1. The van der Waals surface area contributed by atoms with Crippen molar-refractivity contribution in [2.24, 2.45) is 7.05 Å². The van der Waals surface area contributed by atoms with Gasteiger partial charge in [0.15, 0.2) is 0 Å². The summed E-state index contributed by atoms with van der Waals surface area (Å²) in [5.74, 6) is 0.190. The zero-order chi connectivity index (χ0) is 12.3. The van der Waals surface area contributed by atoms with Crippen LogP contribution in [0.1, 0.15) is 25.3 Å². The quantitative estimate of drug-likeness (QED) is 0.832. The summed E-state index contributed by atoms with van der Waals surface area (Å²) in [5, 5.41) is 7.66. The van der Waals surface area contributed by atoms with E-state index in [-0.39, 0.29) is 5.91 Å². The van der Waals surface area contributed by atoms with Crippen molar-refractivity contribution in [2.75, 3.05) is 13.1 Å². The molecule has 5 nitrogen and oxygen atoms in total. The van der Waals surface area contributed by atoms with Gasteiger partial charge in [-0.1, -0.05) is 0 Å². The zero-order valence-electron chi connectivity index (χ0n) is 10.5. The third-order valence-corrected chi connectivity index (χ3v) is 3.29. The predicted octanol–water partition coefficient (Wildman–Crippen LogP) is 0.521. The van der Waals surface area contributed by atoms with Crippen LogP contribution in [0.15, 0.2) is 12.4 Å². The van der Waals surface area contributed by atoms with Gasteiger partial charge in [-0.2, -0.15) is 5.10 Å². The van der Waals surface area contributed by atoms with E-state index in [1.54, 1.807) is 6.92 Å². The summed E-state index contributed by atoms with van der Waals surface area (Å²) in [6, 6.07) is 0.519. The monoisotopic (exact) mass is 236 g/mol. The highest BCUT2D eigenvalue weighted by molar-refractivity contribution is 5.73. The molecule has 2 heterocycles. The molecule has 1 amide bonds. The van der Waals surface area contributed by atoms with Gasteiger partial charge in [-0.05, 0) is 12.8 Å². The van der Waals surface area contributed by atoms with Crippen molar-refractivity contribution >= 4 is 5.91 Å². The molecule has 5 heteroatoms. The minimum absolute atomic E-state index is 0.190. The van der Waals surface area contributed by atoms with Crippen LogP contribution in [0.4, 0.5) is 0 Å². The molecule has 1 fully saturated rings. The lowest BCUT2D eigenvalue weighted by atomic mass is 10.0. The third kappa shape index (κ3) is 3.30. The number of piperidine rings is 1. The fourth-order valence-electron chi connectivity index (χ4n) is 2.22. The Morgan fingerprint density at radius 2 is 2.24 bits per heavy atom. The molecule has 0 atom stereocenters. The van der Waals surface area contributed by atoms with Crippen molar-refractivity contribution in [1.29, 1.82) is 0 Å². The lowest BCUT2D eigenvalue weighted by Gasteiger charge is -2.31. The van der Waals surface area contributed by atoms with E-state index in [1.165, 1.54) is 5.56 Å². The molecule has 1 aliphatic rings. The number of rotatable bonds is 3. The first-order valence-electron chi connectivity index (χ1n) is 6.11. The van der Waals surface area contributed by atoms with Gasteiger partial charge in [0, 0.05) is 51.4 Å². The van der Waals surface area contributed by atoms with E-state index in [2.05, 4.69) is 10.4 Å². The number of carbonyl (C=O) groups is 1. The highest BCUT2D eigenvalue weighted by Gasteiger charge is 2.19. The Morgan fingerprint density at radius 1 is 1.53 bits per heavy atom. The molecule has 17 heavy (non-hydrogen) atoms. The summed E-state index contributed by atoms with van der Waals surface area (Å²) in [6.45, 7) is 4.25. The standard InChI is InChI=1S/C12H20N4O/c1-10(17)16-5-3-12(4-6-16)13-7-11-8-14-15(2)9-11/h8-9,12-13H,3-7H2,1-2H3. The first kappa shape index (κ1) is 12.1. The molecule has 0 radical (unpaired) electrons. The van der Waals surface area contributed by atoms with E-state index >= 15 is 0 Å². The molecule has 0 bridgehead atoms. The third-order valence-electron chi connectivity index (χ3n) is 3.29. The Labute approximate surface area is 102 Å². The van der Waals surface area contributed by atoms with Crippen molar-refractivity contribution in [3.63, 3.8) is 0 Å². The highest BCUT2D eigenvalue weighted by Crippen LogP contribution is 2.11. The Morgan fingerprint density at radius 3 is 2.76 bits per heavy atom. The van der Waals surface area contributed by atoms with Gasteiger partial charge in [0.05, 0.1) is 6.20 Å². The lowest BCUT2D eigenvalue weighted by Crippen LogP contribution is -2.43.